The van der Waals surface area contributed by atoms with Crippen molar-refractivity contribution in [2.45, 2.75) is 39.9 Å². The van der Waals surface area contributed by atoms with Gasteiger partial charge >= 0.3 is 0 Å². The summed E-state index contributed by atoms with van der Waals surface area (Å²) in [7, 11) is 0. The first-order valence-electron chi connectivity index (χ1n) is 11.7. The molecule has 2 aromatic carbocycles. The van der Waals surface area contributed by atoms with Gasteiger partial charge in [-0.3, -0.25) is 24.1 Å². The molecule has 0 aliphatic carbocycles. The molecule has 0 unspecified atom stereocenters. The fourth-order valence-corrected chi connectivity index (χ4v) is 4.49. The maximum atomic E-state index is 13.8. The number of aryl methyl sites for hydroxylation is 2. The molecule has 3 heterocycles. The van der Waals surface area contributed by atoms with E-state index < -0.39 is 0 Å². The fourth-order valence-electron chi connectivity index (χ4n) is 4.49. The number of anilines is 2. The molecule has 0 amide bonds. The summed E-state index contributed by atoms with van der Waals surface area (Å²) < 4.78 is 1.82. The van der Waals surface area contributed by atoms with Gasteiger partial charge in [0.1, 0.15) is 0 Å². The first kappa shape index (κ1) is 22.0. The Hall–Kier alpha value is -3.77. The van der Waals surface area contributed by atoms with E-state index in [2.05, 4.69) is 64.2 Å². The Bertz CT molecular complexity index is 1320. The molecule has 2 aromatic heterocycles. The summed E-state index contributed by atoms with van der Waals surface area (Å²) in [5, 5.41) is 0. The van der Waals surface area contributed by atoms with Crippen molar-refractivity contribution in [1.82, 2.24) is 19.4 Å². The van der Waals surface area contributed by atoms with Crippen LogP contribution in [0.2, 0.25) is 0 Å². The third kappa shape index (κ3) is 4.50. The normalized spacial score (nSPS) is 13.6. The zero-order valence-electron chi connectivity index (χ0n) is 19.7. The summed E-state index contributed by atoms with van der Waals surface area (Å²) in [5.74, 6) is 0.700. The van der Waals surface area contributed by atoms with Crippen LogP contribution in [0.4, 0.5) is 11.6 Å². The average Bonchev–Trinajstić information content (AvgIpc) is 2.88. The number of pyridine rings is 1. The van der Waals surface area contributed by atoms with E-state index in [1.807, 2.05) is 42.0 Å². The quantitative estimate of drug-likeness (QED) is 0.426. The Morgan fingerprint density at radius 1 is 0.882 bits per heavy atom. The van der Waals surface area contributed by atoms with E-state index in [1.165, 1.54) is 5.56 Å². The molecule has 0 fully saturated rings. The van der Waals surface area contributed by atoms with Crippen molar-refractivity contribution in [2.75, 3.05) is 11.6 Å². The highest BCUT2D eigenvalue weighted by molar-refractivity contribution is 5.59. The maximum Gasteiger partial charge on any atom is 0.259 e. The van der Waals surface area contributed by atoms with E-state index >= 15 is 0 Å². The number of fused-ring (bicyclic) bond motifs is 1. The Morgan fingerprint density at radius 2 is 1.65 bits per heavy atom. The summed E-state index contributed by atoms with van der Waals surface area (Å²) in [6, 6.07) is 22.7. The third-order valence-corrected chi connectivity index (χ3v) is 6.38. The second-order valence-corrected chi connectivity index (χ2v) is 8.79. The van der Waals surface area contributed by atoms with E-state index in [4.69, 9.17) is 4.98 Å². The van der Waals surface area contributed by atoms with Gasteiger partial charge in [-0.2, -0.15) is 0 Å². The van der Waals surface area contributed by atoms with Gasteiger partial charge in [0.15, 0.2) is 0 Å². The van der Waals surface area contributed by atoms with Crippen LogP contribution in [0.25, 0.3) is 0 Å². The molecule has 4 aromatic rings. The summed E-state index contributed by atoms with van der Waals surface area (Å²) in [6.45, 7) is 5.93. The SMILES string of the molecule is CCc1ccc(N2CN(Cc3cccnc3)Cn3c2nc(C)c(Cc2ccccc2)c3=O)cc1. The van der Waals surface area contributed by atoms with Crippen molar-refractivity contribution in [3.05, 3.63) is 117 Å². The predicted octanol–water partition coefficient (Wildman–Crippen LogP) is 4.67. The lowest BCUT2D eigenvalue weighted by Gasteiger charge is -2.38. The zero-order chi connectivity index (χ0) is 23.5. The lowest BCUT2D eigenvalue weighted by Crippen LogP contribution is -2.47. The average molecular weight is 452 g/mol. The van der Waals surface area contributed by atoms with Gasteiger partial charge in [0.05, 0.1) is 19.0 Å². The van der Waals surface area contributed by atoms with Crippen molar-refractivity contribution in [1.29, 1.82) is 0 Å². The molecule has 0 saturated heterocycles. The molecule has 34 heavy (non-hydrogen) atoms. The molecule has 5 rings (SSSR count). The number of hydrogen-bond acceptors (Lipinski definition) is 5. The van der Waals surface area contributed by atoms with E-state index in [0.29, 0.717) is 32.3 Å². The minimum atomic E-state index is 0.0254. The molecule has 0 atom stereocenters. The van der Waals surface area contributed by atoms with Gasteiger partial charge in [0.25, 0.3) is 5.56 Å². The summed E-state index contributed by atoms with van der Waals surface area (Å²) in [5.41, 5.74) is 6.11. The summed E-state index contributed by atoms with van der Waals surface area (Å²) >= 11 is 0. The first-order chi connectivity index (χ1) is 16.6. The van der Waals surface area contributed by atoms with Crippen molar-refractivity contribution < 1.29 is 0 Å². The minimum absolute atomic E-state index is 0.0254. The fraction of sp³-hybridized carbons (Fsp3) is 0.250. The number of aromatic nitrogens is 3. The molecular weight excluding hydrogens is 422 g/mol. The molecular formula is C28H29N5O. The second-order valence-electron chi connectivity index (χ2n) is 8.79. The number of rotatable bonds is 6. The van der Waals surface area contributed by atoms with Crippen molar-refractivity contribution >= 4 is 11.6 Å². The predicted molar refractivity (Wildman–Crippen MR) is 135 cm³/mol. The number of benzene rings is 2. The molecule has 0 saturated carbocycles. The van der Waals surface area contributed by atoms with Crippen LogP contribution in [-0.4, -0.2) is 26.1 Å². The Labute approximate surface area is 200 Å². The lowest BCUT2D eigenvalue weighted by molar-refractivity contribution is 0.189. The van der Waals surface area contributed by atoms with Crippen LogP contribution in [0, 0.1) is 6.92 Å². The van der Waals surface area contributed by atoms with Crippen LogP contribution >= 0.6 is 0 Å². The van der Waals surface area contributed by atoms with Gasteiger partial charge in [-0.1, -0.05) is 55.5 Å². The van der Waals surface area contributed by atoms with Gasteiger partial charge in [0, 0.05) is 36.6 Å². The Morgan fingerprint density at radius 3 is 2.35 bits per heavy atom. The van der Waals surface area contributed by atoms with E-state index in [0.717, 1.165) is 34.5 Å². The van der Waals surface area contributed by atoms with Gasteiger partial charge < -0.3 is 0 Å². The molecule has 0 N–H and O–H groups in total. The zero-order valence-corrected chi connectivity index (χ0v) is 19.7. The Balaban J connectivity index is 1.57. The van der Waals surface area contributed by atoms with Gasteiger partial charge in [-0.05, 0) is 48.2 Å². The molecule has 172 valence electrons. The van der Waals surface area contributed by atoms with E-state index in [-0.39, 0.29) is 5.56 Å². The highest BCUT2D eigenvalue weighted by Gasteiger charge is 2.28. The topological polar surface area (TPSA) is 54.3 Å². The van der Waals surface area contributed by atoms with Crippen molar-refractivity contribution in [3.8, 4) is 0 Å². The van der Waals surface area contributed by atoms with Gasteiger partial charge in [-0.25, -0.2) is 4.98 Å². The molecule has 6 nitrogen and oxygen atoms in total. The standard InChI is InChI=1S/C28H29N5O/c1-3-22-11-13-25(14-12-22)32-19-31(18-24-10-7-15-29-17-24)20-33-27(34)26(21(2)30-28(32)33)16-23-8-5-4-6-9-23/h4-15,17H,3,16,18-20H2,1-2H3. The molecule has 1 aliphatic heterocycles. The van der Waals surface area contributed by atoms with Gasteiger partial charge in [-0.15, -0.1) is 0 Å². The van der Waals surface area contributed by atoms with Crippen LogP contribution < -0.4 is 10.5 Å². The van der Waals surface area contributed by atoms with Crippen LogP contribution in [-0.2, 0) is 26.1 Å². The monoisotopic (exact) mass is 451 g/mol. The molecule has 1 aliphatic rings. The van der Waals surface area contributed by atoms with Crippen LogP contribution in [0.3, 0.4) is 0 Å². The largest absolute Gasteiger partial charge is 0.298 e. The van der Waals surface area contributed by atoms with Crippen molar-refractivity contribution in [3.63, 3.8) is 0 Å². The third-order valence-electron chi connectivity index (χ3n) is 6.38. The lowest BCUT2D eigenvalue weighted by atomic mass is 10.1. The van der Waals surface area contributed by atoms with Crippen LogP contribution in [0.5, 0.6) is 0 Å². The second kappa shape index (κ2) is 9.61. The summed E-state index contributed by atoms with van der Waals surface area (Å²) in [6.07, 6.45) is 5.23. The minimum Gasteiger partial charge on any atom is -0.298 e. The molecule has 6 heteroatoms. The van der Waals surface area contributed by atoms with Crippen LogP contribution in [0.15, 0.2) is 83.9 Å². The van der Waals surface area contributed by atoms with Crippen molar-refractivity contribution in [2.24, 2.45) is 0 Å². The Kier molecular flexibility index (Phi) is 6.23. The van der Waals surface area contributed by atoms with E-state index in [9.17, 15) is 4.79 Å². The molecule has 0 radical (unpaired) electrons. The summed E-state index contributed by atoms with van der Waals surface area (Å²) in [4.78, 5) is 27.4. The maximum absolute atomic E-state index is 13.8. The van der Waals surface area contributed by atoms with E-state index in [1.54, 1.807) is 6.20 Å². The molecule has 0 spiro atoms. The number of nitrogens with zero attached hydrogens (tertiary/aromatic N) is 5. The first-order valence-corrected chi connectivity index (χ1v) is 11.7. The number of hydrogen-bond donors (Lipinski definition) is 0. The van der Waals surface area contributed by atoms with Crippen LogP contribution in [0.1, 0.15) is 34.9 Å². The van der Waals surface area contributed by atoms with Gasteiger partial charge in [0.2, 0.25) is 5.95 Å². The smallest absolute Gasteiger partial charge is 0.259 e. The molecule has 0 bridgehead atoms. The highest BCUT2D eigenvalue weighted by Crippen LogP contribution is 2.29. The highest BCUT2D eigenvalue weighted by atomic mass is 16.1.